The van der Waals surface area contributed by atoms with Crippen molar-refractivity contribution in [3.63, 3.8) is 0 Å². The maximum atomic E-state index is 12.6. The number of benzene rings is 2. The highest BCUT2D eigenvalue weighted by atomic mass is 35.5. The Morgan fingerprint density at radius 2 is 1.96 bits per heavy atom. The zero-order chi connectivity index (χ0) is 17.8. The lowest BCUT2D eigenvalue weighted by atomic mass is 10.1. The predicted molar refractivity (Wildman–Crippen MR) is 93.9 cm³/mol. The smallest absolute Gasteiger partial charge is 0.326 e. The summed E-state index contributed by atoms with van der Waals surface area (Å²) in [7, 11) is 0. The van der Waals surface area contributed by atoms with Crippen LogP contribution < -0.4 is 4.74 Å². The van der Waals surface area contributed by atoms with Crippen LogP contribution in [-0.4, -0.2) is 34.5 Å². The van der Waals surface area contributed by atoms with E-state index in [-0.39, 0.29) is 5.91 Å². The van der Waals surface area contributed by atoms with Crippen molar-refractivity contribution in [2.45, 2.75) is 25.5 Å². The molecular formula is C19H18ClNO4. The highest BCUT2D eigenvalue weighted by molar-refractivity contribution is 6.30. The molecule has 1 aliphatic heterocycles. The molecule has 0 saturated carbocycles. The Bertz CT molecular complexity index is 775. The second-order valence-corrected chi connectivity index (χ2v) is 6.37. The molecule has 6 heteroatoms. The molecule has 1 heterocycles. The average Bonchev–Trinajstić information content (AvgIpc) is 3.11. The van der Waals surface area contributed by atoms with E-state index in [1.165, 1.54) is 4.90 Å². The molecule has 130 valence electrons. The largest absolute Gasteiger partial charge is 0.489 e. The van der Waals surface area contributed by atoms with E-state index >= 15 is 0 Å². The summed E-state index contributed by atoms with van der Waals surface area (Å²) in [5, 5.41) is 9.90. The van der Waals surface area contributed by atoms with E-state index in [9.17, 15) is 14.7 Å². The van der Waals surface area contributed by atoms with Crippen LogP contribution in [0.4, 0.5) is 0 Å². The second-order valence-electron chi connectivity index (χ2n) is 5.94. The average molecular weight is 360 g/mol. The number of likely N-dealkylation sites (tertiary alicyclic amines) is 1. The maximum Gasteiger partial charge on any atom is 0.326 e. The topological polar surface area (TPSA) is 66.8 Å². The van der Waals surface area contributed by atoms with E-state index in [1.54, 1.807) is 36.4 Å². The van der Waals surface area contributed by atoms with Crippen molar-refractivity contribution >= 4 is 23.5 Å². The molecule has 0 radical (unpaired) electrons. The first kappa shape index (κ1) is 17.3. The third kappa shape index (κ3) is 4.12. The fourth-order valence-corrected chi connectivity index (χ4v) is 3.02. The van der Waals surface area contributed by atoms with Gasteiger partial charge in [0.2, 0.25) is 0 Å². The molecule has 0 aliphatic carbocycles. The third-order valence-corrected chi connectivity index (χ3v) is 4.45. The number of carboxylic acids is 1. The molecule has 1 fully saturated rings. The summed E-state index contributed by atoms with van der Waals surface area (Å²) >= 11 is 5.86. The summed E-state index contributed by atoms with van der Waals surface area (Å²) in [5.74, 6) is -0.672. The molecule has 3 rings (SSSR count). The highest BCUT2D eigenvalue weighted by Crippen LogP contribution is 2.23. The minimum atomic E-state index is -0.957. The Morgan fingerprint density at radius 1 is 1.20 bits per heavy atom. The van der Waals surface area contributed by atoms with Gasteiger partial charge in [0.1, 0.15) is 18.4 Å². The number of hydrogen-bond donors (Lipinski definition) is 1. The molecule has 0 bridgehead atoms. The number of aliphatic carboxylic acids is 1. The number of carbonyl (C=O) groups is 2. The summed E-state index contributed by atoms with van der Waals surface area (Å²) in [6.45, 7) is 0.821. The molecule has 1 atom stereocenters. The van der Waals surface area contributed by atoms with E-state index in [0.29, 0.717) is 42.3 Å². The number of halogens is 1. The molecule has 1 aliphatic rings. The Kier molecular flexibility index (Phi) is 5.24. The van der Waals surface area contributed by atoms with Gasteiger partial charge in [0, 0.05) is 17.1 Å². The van der Waals surface area contributed by atoms with Gasteiger partial charge in [-0.1, -0.05) is 29.8 Å². The van der Waals surface area contributed by atoms with Crippen molar-refractivity contribution in [3.8, 4) is 5.75 Å². The van der Waals surface area contributed by atoms with Crippen molar-refractivity contribution in [1.29, 1.82) is 0 Å². The number of carbonyl (C=O) groups excluding carboxylic acids is 1. The van der Waals surface area contributed by atoms with Crippen LogP contribution in [-0.2, 0) is 11.4 Å². The molecule has 0 spiro atoms. The van der Waals surface area contributed by atoms with Crippen LogP contribution in [0.15, 0.2) is 48.5 Å². The molecule has 5 nitrogen and oxygen atoms in total. The van der Waals surface area contributed by atoms with Crippen molar-refractivity contribution in [1.82, 2.24) is 4.90 Å². The molecule has 1 N–H and O–H groups in total. The monoisotopic (exact) mass is 359 g/mol. The first-order chi connectivity index (χ1) is 12.0. The number of carboxylic acid groups (broad SMARTS) is 1. The normalized spacial score (nSPS) is 16.7. The minimum absolute atomic E-state index is 0.276. The lowest BCUT2D eigenvalue weighted by molar-refractivity contribution is -0.141. The molecule has 1 amide bonds. The van der Waals surface area contributed by atoms with Crippen molar-refractivity contribution in [3.05, 3.63) is 64.7 Å². The molecule has 0 aromatic heterocycles. The van der Waals surface area contributed by atoms with E-state index in [4.69, 9.17) is 16.3 Å². The quantitative estimate of drug-likeness (QED) is 0.885. The summed E-state index contributed by atoms with van der Waals surface area (Å²) < 4.78 is 5.73. The van der Waals surface area contributed by atoms with Gasteiger partial charge in [0.15, 0.2) is 0 Å². The van der Waals surface area contributed by atoms with Gasteiger partial charge < -0.3 is 14.7 Å². The van der Waals surface area contributed by atoms with Crippen molar-refractivity contribution in [2.24, 2.45) is 0 Å². The van der Waals surface area contributed by atoms with Gasteiger partial charge >= 0.3 is 5.97 Å². The van der Waals surface area contributed by atoms with Crippen LogP contribution in [0.1, 0.15) is 28.8 Å². The first-order valence-electron chi connectivity index (χ1n) is 8.05. The van der Waals surface area contributed by atoms with Crippen LogP contribution in [0.3, 0.4) is 0 Å². The lowest BCUT2D eigenvalue weighted by Crippen LogP contribution is -2.40. The Morgan fingerprint density at radius 3 is 2.68 bits per heavy atom. The fraction of sp³-hybridized carbons (Fsp3) is 0.263. The fourth-order valence-electron chi connectivity index (χ4n) is 2.90. The first-order valence-corrected chi connectivity index (χ1v) is 8.43. The van der Waals surface area contributed by atoms with E-state index in [2.05, 4.69) is 0 Å². The van der Waals surface area contributed by atoms with Gasteiger partial charge in [0.05, 0.1) is 0 Å². The summed E-state index contributed by atoms with van der Waals surface area (Å²) in [6, 6.07) is 13.4. The highest BCUT2D eigenvalue weighted by Gasteiger charge is 2.34. The number of nitrogens with zero attached hydrogens (tertiary/aromatic N) is 1. The van der Waals surface area contributed by atoms with Gasteiger partial charge in [-0.15, -0.1) is 0 Å². The van der Waals surface area contributed by atoms with Gasteiger partial charge in [-0.2, -0.15) is 0 Å². The molecule has 1 saturated heterocycles. The van der Waals surface area contributed by atoms with Crippen LogP contribution in [0.25, 0.3) is 0 Å². The van der Waals surface area contributed by atoms with Gasteiger partial charge in [-0.25, -0.2) is 4.79 Å². The van der Waals surface area contributed by atoms with Crippen LogP contribution >= 0.6 is 11.6 Å². The zero-order valence-electron chi connectivity index (χ0n) is 13.5. The minimum Gasteiger partial charge on any atom is -0.489 e. The number of rotatable bonds is 5. The molecule has 2 aromatic rings. The molecule has 2 aromatic carbocycles. The molecule has 0 unspecified atom stereocenters. The number of amides is 1. The SMILES string of the molecule is O=C(O)[C@@H]1CCCN1C(=O)c1cccc(OCc2ccc(Cl)cc2)c1. The van der Waals surface area contributed by atoms with Crippen molar-refractivity contribution < 1.29 is 19.4 Å². The number of hydrogen-bond acceptors (Lipinski definition) is 3. The predicted octanol–water partition coefficient (Wildman–Crippen LogP) is 3.61. The summed E-state index contributed by atoms with van der Waals surface area (Å²) in [6.07, 6.45) is 1.20. The lowest BCUT2D eigenvalue weighted by Gasteiger charge is -2.21. The van der Waals surface area contributed by atoms with E-state index in [1.807, 2.05) is 12.1 Å². The summed E-state index contributed by atoms with van der Waals surface area (Å²) in [5.41, 5.74) is 1.40. The van der Waals surface area contributed by atoms with E-state index in [0.717, 1.165) is 5.56 Å². The van der Waals surface area contributed by atoms with Crippen LogP contribution in [0, 0.1) is 0 Å². The Balaban J connectivity index is 1.69. The van der Waals surface area contributed by atoms with Gasteiger partial charge in [-0.3, -0.25) is 4.79 Å². The standard InChI is InChI=1S/C19H18ClNO4/c20-15-8-6-13(7-9-15)12-25-16-4-1-3-14(11-16)18(22)21-10-2-5-17(21)19(23)24/h1,3-4,6-9,11,17H,2,5,10,12H2,(H,23,24)/t17-/m0/s1. The zero-order valence-corrected chi connectivity index (χ0v) is 14.3. The Labute approximate surface area is 150 Å². The van der Waals surface area contributed by atoms with Crippen molar-refractivity contribution in [2.75, 3.05) is 6.54 Å². The van der Waals surface area contributed by atoms with Gasteiger partial charge in [0.25, 0.3) is 5.91 Å². The molecule has 25 heavy (non-hydrogen) atoms. The third-order valence-electron chi connectivity index (χ3n) is 4.20. The van der Waals surface area contributed by atoms with Crippen LogP contribution in [0.5, 0.6) is 5.75 Å². The molecular weight excluding hydrogens is 342 g/mol. The van der Waals surface area contributed by atoms with Gasteiger partial charge in [-0.05, 0) is 48.7 Å². The number of ether oxygens (including phenoxy) is 1. The van der Waals surface area contributed by atoms with E-state index < -0.39 is 12.0 Å². The summed E-state index contributed by atoms with van der Waals surface area (Å²) in [4.78, 5) is 25.3. The maximum absolute atomic E-state index is 12.6. The van der Waals surface area contributed by atoms with Crippen LogP contribution in [0.2, 0.25) is 5.02 Å². The Hall–Kier alpha value is -2.53. The second kappa shape index (κ2) is 7.57.